The molecule has 5 heteroatoms. The van der Waals surface area contributed by atoms with Crippen molar-refractivity contribution in [2.45, 2.75) is 13.1 Å². The van der Waals surface area contributed by atoms with E-state index in [0.717, 1.165) is 22.6 Å². The maximum atomic E-state index is 12.2. The summed E-state index contributed by atoms with van der Waals surface area (Å²) in [6.45, 7) is 0.931. The van der Waals surface area contributed by atoms with Crippen LogP contribution in [0.2, 0.25) is 0 Å². The minimum atomic E-state index is -0.140. The van der Waals surface area contributed by atoms with E-state index >= 15 is 0 Å². The van der Waals surface area contributed by atoms with Crippen molar-refractivity contribution >= 4 is 6.03 Å². The Morgan fingerprint density at radius 2 is 1.87 bits per heavy atom. The van der Waals surface area contributed by atoms with Crippen LogP contribution in [0.25, 0.3) is 0 Å². The van der Waals surface area contributed by atoms with Crippen LogP contribution in [0.1, 0.15) is 11.1 Å². The third-order valence-corrected chi connectivity index (χ3v) is 3.52. The Bertz CT molecular complexity index is 658. The Kier molecular flexibility index (Phi) is 5.86. The minimum absolute atomic E-state index is 0.140. The molecule has 2 aromatic carbocycles. The number of hydrogen-bond acceptors (Lipinski definition) is 3. The van der Waals surface area contributed by atoms with Crippen LogP contribution < -0.4 is 14.8 Å². The molecule has 0 aliphatic carbocycles. The van der Waals surface area contributed by atoms with Crippen molar-refractivity contribution < 1.29 is 14.3 Å². The Morgan fingerprint density at radius 3 is 2.61 bits per heavy atom. The summed E-state index contributed by atoms with van der Waals surface area (Å²) in [6, 6.07) is 15.2. The Hall–Kier alpha value is -2.69. The standard InChI is InChI=1S/C18H22N2O3/c1-20(13-14-7-6-9-16(11-14)22-2)18(21)19-12-15-8-4-5-10-17(15)23-3/h4-11H,12-13H2,1-3H3,(H,19,21). The van der Waals surface area contributed by atoms with Crippen molar-refractivity contribution in [3.8, 4) is 11.5 Å². The molecule has 0 fully saturated rings. The SMILES string of the molecule is COc1cccc(CN(C)C(=O)NCc2ccccc2OC)c1. The largest absolute Gasteiger partial charge is 0.497 e. The van der Waals surface area contributed by atoms with Gasteiger partial charge in [0, 0.05) is 25.7 Å². The number of methoxy groups -OCH3 is 2. The van der Waals surface area contributed by atoms with E-state index < -0.39 is 0 Å². The van der Waals surface area contributed by atoms with Gasteiger partial charge in [0.25, 0.3) is 0 Å². The fourth-order valence-corrected chi connectivity index (χ4v) is 2.27. The normalized spacial score (nSPS) is 10.0. The topological polar surface area (TPSA) is 50.8 Å². The molecule has 23 heavy (non-hydrogen) atoms. The van der Waals surface area contributed by atoms with Crippen molar-refractivity contribution in [2.24, 2.45) is 0 Å². The van der Waals surface area contributed by atoms with Crippen LogP contribution in [0.5, 0.6) is 11.5 Å². The molecule has 0 radical (unpaired) electrons. The van der Waals surface area contributed by atoms with Gasteiger partial charge in [-0.05, 0) is 23.8 Å². The minimum Gasteiger partial charge on any atom is -0.497 e. The zero-order valence-corrected chi connectivity index (χ0v) is 13.7. The number of hydrogen-bond donors (Lipinski definition) is 1. The van der Waals surface area contributed by atoms with Crippen LogP contribution in [0.4, 0.5) is 4.79 Å². The zero-order valence-electron chi connectivity index (χ0n) is 13.7. The highest BCUT2D eigenvalue weighted by Gasteiger charge is 2.10. The van der Waals surface area contributed by atoms with Gasteiger partial charge in [0.2, 0.25) is 0 Å². The second-order valence-electron chi connectivity index (χ2n) is 5.18. The van der Waals surface area contributed by atoms with Crippen LogP contribution in [0, 0.1) is 0 Å². The average Bonchev–Trinajstić information content (AvgIpc) is 2.59. The van der Waals surface area contributed by atoms with Crippen LogP contribution in [0.15, 0.2) is 48.5 Å². The molecular weight excluding hydrogens is 292 g/mol. The van der Waals surface area contributed by atoms with Crippen molar-refractivity contribution in [1.29, 1.82) is 0 Å². The van der Waals surface area contributed by atoms with Gasteiger partial charge in [0.05, 0.1) is 14.2 Å². The second kappa shape index (κ2) is 8.08. The first kappa shape index (κ1) is 16.7. The van der Waals surface area contributed by atoms with Crippen LogP contribution in [0.3, 0.4) is 0 Å². The predicted molar refractivity (Wildman–Crippen MR) is 89.7 cm³/mol. The average molecular weight is 314 g/mol. The summed E-state index contributed by atoms with van der Waals surface area (Å²) in [7, 11) is 5.01. The fraction of sp³-hybridized carbons (Fsp3) is 0.278. The lowest BCUT2D eigenvalue weighted by molar-refractivity contribution is 0.206. The number of carbonyl (C=O) groups is 1. The highest BCUT2D eigenvalue weighted by molar-refractivity contribution is 5.74. The first-order valence-corrected chi connectivity index (χ1v) is 7.38. The summed E-state index contributed by atoms with van der Waals surface area (Å²) in [5, 5.41) is 2.90. The highest BCUT2D eigenvalue weighted by atomic mass is 16.5. The summed E-state index contributed by atoms with van der Waals surface area (Å²) in [5.74, 6) is 1.55. The van der Waals surface area contributed by atoms with Crippen LogP contribution >= 0.6 is 0 Å². The van der Waals surface area contributed by atoms with E-state index in [1.807, 2.05) is 48.5 Å². The molecule has 0 unspecified atom stereocenters. The maximum absolute atomic E-state index is 12.2. The number of nitrogens with one attached hydrogen (secondary N) is 1. The molecule has 0 saturated heterocycles. The molecule has 0 bridgehead atoms. The maximum Gasteiger partial charge on any atom is 0.317 e. The summed E-state index contributed by atoms with van der Waals surface area (Å²) >= 11 is 0. The molecule has 0 aromatic heterocycles. The Morgan fingerprint density at radius 1 is 1.09 bits per heavy atom. The van der Waals surface area contributed by atoms with Gasteiger partial charge < -0.3 is 19.7 Å². The van der Waals surface area contributed by atoms with E-state index in [9.17, 15) is 4.79 Å². The van der Waals surface area contributed by atoms with Gasteiger partial charge in [0.1, 0.15) is 11.5 Å². The monoisotopic (exact) mass is 314 g/mol. The van der Waals surface area contributed by atoms with E-state index in [-0.39, 0.29) is 6.03 Å². The van der Waals surface area contributed by atoms with Crippen LogP contribution in [-0.4, -0.2) is 32.2 Å². The number of ether oxygens (including phenoxy) is 2. The van der Waals surface area contributed by atoms with Gasteiger partial charge in [-0.15, -0.1) is 0 Å². The van der Waals surface area contributed by atoms with E-state index in [1.54, 1.807) is 26.2 Å². The molecule has 0 atom stereocenters. The lowest BCUT2D eigenvalue weighted by Crippen LogP contribution is -2.36. The molecule has 2 amide bonds. The number of rotatable bonds is 6. The third-order valence-electron chi connectivity index (χ3n) is 3.52. The first-order valence-electron chi connectivity index (χ1n) is 7.38. The lowest BCUT2D eigenvalue weighted by Gasteiger charge is -2.19. The Labute approximate surface area is 136 Å². The van der Waals surface area contributed by atoms with Gasteiger partial charge >= 0.3 is 6.03 Å². The van der Waals surface area contributed by atoms with Crippen molar-refractivity contribution in [3.63, 3.8) is 0 Å². The van der Waals surface area contributed by atoms with Crippen molar-refractivity contribution in [3.05, 3.63) is 59.7 Å². The van der Waals surface area contributed by atoms with Gasteiger partial charge in [-0.3, -0.25) is 0 Å². The third kappa shape index (κ3) is 4.64. The van der Waals surface area contributed by atoms with Gasteiger partial charge in [0.15, 0.2) is 0 Å². The smallest absolute Gasteiger partial charge is 0.317 e. The van der Waals surface area contributed by atoms with E-state index in [2.05, 4.69) is 5.32 Å². The molecule has 122 valence electrons. The highest BCUT2D eigenvalue weighted by Crippen LogP contribution is 2.17. The van der Waals surface area contributed by atoms with E-state index in [1.165, 1.54) is 0 Å². The zero-order chi connectivity index (χ0) is 16.7. The summed E-state index contributed by atoms with van der Waals surface area (Å²) in [6.07, 6.45) is 0. The number of nitrogens with zero attached hydrogens (tertiary/aromatic N) is 1. The van der Waals surface area contributed by atoms with Crippen molar-refractivity contribution in [2.75, 3.05) is 21.3 Å². The van der Waals surface area contributed by atoms with Crippen LogP contribution in [-0.2, 0) is 13.1 Å². The number of para-hydroxylation sites is 1. The molecule has 0 heterocycles. The first-order chi connectivity index (χ1) is 11.1. The number of urea groups is 1. The molecule has 0 aliphatic rings. The summed E-state index contributed by atoms with van der Waals surface area (Å²) in [4.78, 5) is 13.8. The predicted octanol–water partition coefficient (Wildman–Crippen LogP) is 3.05. The van der Waals surface area contributed by atoms with E-state index in [0.29, 0.717) is 13.1 Å². The number of amides is 2. The molecule has 0 aliphatic heterocycles. The molecule has 1 N–H and O–H groups in total. The molecule has 5 nitrogen and oxygen atoms in total. The number of benzene rings is 2. The molecule has 2 rings (SSSR count). The molecule has 0 saturated carbocycles. The van der Waals surface area contributed by atoms with Gasteiger partial charge in [-0.1, -0.05) is 30.3 Å². The Balaban J connectivity index is 1.92. The molecule has 2 aromatic rings. The quantitative estimate of drug-likeness (QED) is 0.891. The number of carbonyl (C=O) groups excluding carboxylic acids is 1. The summed E-state index contributed by atoms with van der Waals surface area (Å²) < 4.78 is 10.5. The second-order valence-corrected chi connectivity index (χ2v) is 5.18. The molecular formula is C18H22N2O3. The molecule has 0 spiro atoms. The summed E-state index contributed by atoms with van der Waals surface area (Å²) in [5.41, 5.74) is 1.96. The fourth-order valence-electron chi connectivity index (χ4n) is 2.27. The lowest BCUT2D eigenvalue weighted by atomic mass is 10.2. The van der Waals surface area contributed by atoms with Gasteiger partial charge in [-0.25, -0.2) is 4.79 Å². The van der Waals surface area contributed by atoms with Gasteiger partial charge in [-0.2, -0.15) is 0 Å². The van der Waals surface area contributed by atoms with Crippen molar-refractivity contribution in [1.82, 2.24) is 10.2 Å². The van der Waals surface area contributed by atoms with E-state index in [4.69, 9.17) is 9.47 Å².